The molecule has 5 unspecified atom stereocenters. The van der Waals surface area contributed by atoms with Gasteiger partial charge in [-0.05, 0) is 56.6 Å². The van der Waals surface area contributed by atoms with Gasteiger partial charge in [-0.1, -0.05) is 31.5 Å². The van der Waals surface area contributed by atoms with Crippen LogP contribution in [0.4, 0.5) is 5.69 Å². The molecule has 2 saturated heterocycles. The summed E-state index contributed by atoms with van der Waals surface area (Å²) in [6.07, 6.45) is 4.60. The Morgan fingerprint density at radius 2 is 1.76 bits per heavy atom. The molecule has 8 nitrogen and oxygen atoms in total. The SMILES string of the molecule is CC(C1CC1)N(C(=O)CCC(=O)O)c1ccccc1.CCC1CC2CC(C(=O)O)C1NC2=O. The number of carbonyl (C=O) groups is 4. The summed E-state index contributed by atoms with van der Waals surface area (Å²) in [6, 6.07) is 9.51. The molecule has 2 aliphatic heterocycles. The standard InChI is InChI=1S/C15H19NO3.C10H15NO3/c1-11(12-7-8-12)16(13-5-3-2-4-6-13)14(17)9-10-15(18)19;1-2-5-3-6-4-7(10(13)14)8(5)11-9(6)12/h2-6,11-12H,7-10H2,1H3,(H,18,19);5-8H,2-4H2,1H3,(H,11,12)(H,13,14). The molecule has 1 aromatic carbocycles. The Bertz CT molecular complexity index is 869. The van der Waals surface area contributed by atoms with Gasteiger partial charge in [0.1, 0.15) is 0 Å². The molecule has 180 valence electrons. The molecule has 8 heteroatoms. The number of carboxylic acids is 2. The summed E-state index contributed by atoms with van der Waals surface area (Å²) in [5.74, 6) is -1.27. The van der Waals surface area contributed by atoms with E-state index in [0.717, 1.165) is 31.4 Å². The van der Waals surface area contributed by atoms with Crippen LogP contribution in [0, 0.1) is 23.7 Å². The fraction of sp³-hybridized carbons (Fsp3) is 0.600. The van der Waals surface area contributed by atoms with Crippen LogP contribution in [0.15, 0.2) is 30.3 Å². The van der Waals surface area contributed by atoms with Crippen LogP contribution in [0.5, 0.6) is 0 Å². The Morgan fingerprint density at radius 1 is 1.09 bits per heavy atom. The van der Waals surface area contributed by atoms with E-state index in [9.17, 15) is 19.2 Å². The summed E-state index contributed by atoms with van der Waals surface area (Å²) >= 11 is 0. The molecule has 0 aromatic heterocycles. The van der Waals surface area contributed by atoms with Crippen molar-refractivity contribution in [2.45, 2.75) is 70.9 Å². The molecule has 33 heavy (non-hydrogen) atoms. The molecule has 2 heterocycles. The van der Waals surface area contributed by atoms with E-state index < -0.39 is 11.9 Å². The number of hydrogen-bond donors (Lipinski definition) is 3. The number of rotatable bonds is 8. The third kappa shape index (κ3) is 6.12. The molecule has 2 bridgehead atoms. The number of fused-ring (bicyclic) bond motifs is 3. The number of amides is 2. The van der Waals surface area contributed by atoms with Gasteiger partial charge in [-0.15, -0.1) is 0 Å². The van der Waals surface area contributed by atoms with Gasteiger partial charge in [-0.3, -0.25) is 19.2 Å². The zero-order chi connectivity index (χ0) is 24.1. The van der Waals surface area contributed by atoms with Crippen molar-refractivity contribution in [2.75, 3.05) is 4.90 Å². The maximum atomic E-state index is 12.3. The fourth-order valence-electron chi connectivity index (χ4n) is 5.10. The van der Waals surface area contributed by atoms with E-state index in [1.54, 1.807) is 4.90 Å². The first kappa shape index (κ1) is 24.7. The first-order valence-electron chi connectivity index (χ1n) is 11.8. The predicted molar refractivity (Wildman–Crippen MR) is 123 cm³/mol. The van der Waals surface area contributed by atoms with Crippen molar-refractivity contribution >= 4 is 29.4 Å². The zero-order valence-corrected chi connectivity index (χ0v) is 19.3. The zero-order valence-electron chi connectivity index (χ0n) is 19.3. The molecule has 2 saturated carbocycles. The van der Waals surface area contributed by atoms with Gasteiger partial charge >= 0.3 is 11.9 Å². The third-order valence-corrected chi connectivity index (χ3v) is 7.16. The second-order valence-electron chi connectivity index (χ2n) is 9.39. The number of carbonyl (C=O) groups excluding carboxylic acids is 2. The first-order valence-corrected chi connectivity index (χ1v) is 11.8. The highest BCUT2D eigenvalue weighted by Crippen LogP contribution is 2.40. The summed E-state index contributed by atoms with van der Waals surface area (Å²) in [7, 11) is 0. The van der Waals surface area contributed by atoms with Gasteiger partial charge in [0.15, 0.2) is 0 Å². The van der Waals surface area contributed by atoms with Crippen LogP contribution < -0.4 is 10.2 Å². The van der Waals surface area contributed by atoms with Crippen LogP contribution in [0.1, 0.15) is 58.8 Å². The van der Waals surface area contributed by atoms with Gasteiger partial charge < -0.3 is 20.4 Å². The van der Waals surface area contributed by atoms with E-state index in [-0.39, 0.29) is 48.6 Å². The van der Waals surface area contributed by atoms with Gasteiger partial charge in [-0.2, -0.15) is 0 Å². The van der Waals surface area contributed by atoms with Crippen LogP contribution in [-0.2, 0) is 19.2 Å². The number of nitrogens with zero attached hydrogens (tertiary/aromatic N) is 1. The summed E-state index contributed by atoms with van der Waals surface area (Å²) in [5.41, 5.74) is 0.859. The number of aliphatic carboxylic acids is 2. The lowest BCUT2D eigenvalue weighted by molar-refractivity contribution is -0.151. The van der Waals surface area contributed by atoms with E-state index in [4.69, 9.17) is 10.2 Å². The number of piperidine rings is 2. The highest BCUT2D eigenvalue weighted by molar-refractivity contribution is 5.95. The molecule has 5 rings (SSSR count). The van der Waals surface area contributed by atoms with Crippen molar-refractivity contribution in [3.63, 3.8) is 0 Å². The Hall–Kier alpha value is -2.90. The van der Waals surface area contributed by atoms with Crippen LogP contribution in [0.2, 0.25) is 0 Å². The lowest BCUT2D eigenvalue weighted by Crippen LogP contribution is -2.60. The maximum absolute atomic E-state index is 12.3. The number of hydrogen-bond acceptors (Lipinski definition) is 4. The smallest absolute Gasteiger partial charge is 0.308 e. The molecule has 3 N–H and O–H groups in total. The first-order chi connectivity index (χ1) is 15.7. The second kappa shape index (κ2) is 10.8. The van der Waals surface area contributed by atoms with E-state index in [2.05, 4.69) is 12.2 Å². The number of benzene rings is 1. The molecular weight excluding hydrogens is 424 g/mol. The monoisotopic (exact) mass is 458 g/mol. The third-order valence-electron chi connectivity index (χ3n) is 7.16. The average Bonchev–Trinajstić information content (AvgIpc) is 3.64. The van der Waals surface area contributed by atoms with E-state index in [1.807, 2.05) is 37.3 Å². The van der Waals surface area contributed by atoms with Gasteiger partial charge in [0.05, 0.1) is 12.3 Å². The number of anilines is 1. The molecule has 2 aliphatic carbocycles. The number of para-hydroxylation sites is 1. The van der Waals surface area contributed by atoms with Gasteiger partial charge in [0.2, 0.25) is 11.8 Å². The lowest BCUT2D eigenvalue weighted by Gasteiger charge is -2.45. The Morgan fingerprint density at radius 3 is 2.27 bits per heavy atom. The van der Waals surface area contributed by atoms with Crippen molar-refractivity contribution < 1.29 is 29.4 Å². The molecule has 5 atom stereocenters. The van der Waals surface area contributed by atoms with Crippen molar-refractivity contribution in [3.8, 4) is 0 Å². The van der Waals surface area contributed by atoms with Crippen LogP contribution in [0.25, 0.3) is 0 Å². The van der Waals surface area contributed by atoms with Crippen molar-refractivity contribution in [1.82, 2.24) is 5.32 Å². The largest absolute Gasteiger partial charge is 0.481 e. The highest BCUT2D eigenvalue weighted by Gasteiger charge is 2.48. The summed E-state index contributed by atoms with van der Waals surface area (Å²) in [4.78, 5) is 47.0. The normalized spacial score (nSPS) is 26.4. The van der Waals surface area contributed by atoms with Crippen LogP contribution in [-0.4, -0.2) is 46.0 Å². The summed E-state index contributed by atoms with van der Waals surface area (Å²) in [6.45, 7) is 4.10. The molecule has 4 fully saturated rings. The van der Waals surface area contributed by atoms with Crippen molar-refractivity contribution in [2.24, 2.45) is 23.7 Å². The van der Waals surface area contributed by atoms with E-state index in [0.29, 0.717) is 18.3 Å². The van der Waals surface area contributed by atoms with Crippen LogP contribution in [0.3, 0.4) is 0 Å². The van der Waals surface area contributed by atoms with Crippen molar-refractivity contribution in [3.05, 3.63) is 30.3 Å². The second-order valence-corrected chi connectivity index (χ2v) is 9.39. The maximum Gasteiger partial charge on any atom is 0.308 e. The van der Waals surface area contributed by atoms with Crippen LogP contribution >= 0.6 is 0 Å². The molecular formula is C25H34N2O6. The minimum Gasteiger partial charge on any atom is -0.481 e. The van der Waals surface area contributed by atoms with Gasteiger partial charge in [0, 0.05) is 30.1 Å². The predicted octanol–water partition coefficient (Wildman–Crippen LogP) is 3.30. The van der Waals surface area contributed by atoms with E-state index in [1.165, 1.54) is 0 Å². The molecule has 2 amide bonds. The lowest BCUT2D eigenvalue weighted by atomic mass is 9.67. The highest BCUT2D eigenvalue weighted by atomic mass is 16.4. The summed E-state index contributed by atoms with van der Waals surface area (Å²) in [5, 5.41) is 20.5. The fourth-order valence-corrected chi connectivity index (χ4v) is 5.10. The van der Waals surface area contributed by atoms with Crippen molar-refractivity contribution in [1.29, 1.82) is 0 Å². The molecule has 4 aliphatic rings. The Labute approximate surface area is 194 Å². The molecule has 0 radical (unpaired) electrons. The topological polar surface area (TPSA) is 124 Å². The van der Waals surface area contributed by atoms with E-state index >= 15 is 0 Å². The Kier molecular flexibility index (Phi) is 8.10. The number of carboxylic acid groups (broad SMARTS) is 2. The minimum atomic E-state index is -0.930. The minimum absolute atomic E-state index is 0.0530. The summed E-state index contributed by atoms with van der Waals surface area (Å²) < 4.78 is 0. The number of nitrogens with one attached hydrogen (secondary N) is 1. The Balaban J connectivity index is 0.000000194. The quantitative estimate of drug-likeness (QED) is 0.549. The molecule has 0 spiro atoms. The van der Waals surface area contributed by atoms with Gasteiger partial charge in [0.25, 0.3) is 0 Å². The molecule has 1 aromatic rings. The average molecular weight is 459 g/mol. The van der Waals surface area contributed by atoms with Gasteiger partial charge in [-0.25, -0.2) is 0 Å².